The summed E-state index contributed by atoms with van der Waals surface area (Å²) >= 11 is 1.85. The summed E-state index contributed by atoms with van der Waals surface area (Å²) < 4.78 is 10.7. The quantitative estimate of drug-likeness (QED) is 0.596. The average molecular weight is 303 g/mol. The Balaban J connectivity index is 1.78. The van der Waals surface area contributed by atoms with Crippen molar-refractivity contribution in [2.75, 3.05) is 26.5 Å². The minimum absolute atomic E-state index is 0.774. The molecule has 0 radical (unpaired) electrons. The zero-order chi connectivity index (χ0) is 14.9. The molecule has 112 valence electrons. The van der Waals surface area contributed by atoms with Gasteiger partial charge in [-0.25, -0.2) is 0 Å². The first-order valence-electron chi connectivity index (χ1n) is 6.93. The van der Waals surface area contributed by atoms with Crippen molar-refractivity contribution < 1.29 is 9.47 Å². The summed E-state index contributed by atoms with van der Waals surface area (Å²) in [4.78, 5) is 1.30. The number of thioether (sulfide) groups is 1. The Morgan fingerprint density at radius 1 is 0.952 bits per heavy atom. The van der Waals surface area contributed by atoms with Crippen LogP contribution >= 0.6 is 11.8 Å². The standard InChI is InChI=1S/C17H21NO2S/c1-19-16-10-6-7-14(17(16)20-2)13-18-11-12-21-15-8-4-3-5-9-15/h3-10,18H,11-13H2,1-2H3. The van der Waals surface area contributed by atoms with Gasteiger partial charge in [0.25, 0.3) is 0 Å². The molecule has 0 heterocycles. The van der Waals surface area contributed by atoms with E-state index < -0.39 is 0 Å². The SMILES string of the molecule is COc1cccc(CNCCSc2ccccc2)c1OC. The van der Waals surface area contributed by atoms with Gasteiger partial charge in [-0.1, -0.05) is 30.3 Å². The average Bonchev–Trinajstić information content (AvgIpc) is 2.55. The van der Waals surface area contributed by atoms with Gasteiger partial charge in [0, 0.05) is 29.3 Å². The second kappa shape index (κ2) is 8.60. The minimum atomic E-state index is 0.774. The lowest BCUT2D eigenvalue weighted by Gasteiger charge is -2.13. The lowest BCUT2D eigenvalue weighted by atomic mass is 10.2. The van der Waals surface area contributed by atoms with E-state index in [2.05, 4.69) is 35.6 Å². The summed E-state index contributed by atoms with van der Waals surface area (Å²) in [6.07, 6.45) is 0. The number of para-hydroxylation sites is 1. The van der Waals surface area contributed by atoms with E-state index in [0.717, 1.165) is 35.9 Å². The van der Waals surface area contributed by atoms with Gasteiger partial charge in [-0.2, -0.15) is 0 Å². The monoisotopic (exact) mass is 303 g/mol. The summed E-state index contributed by atoms with van der Waals surface area (Å²) in [6.45, 7) is 1.72. The Bertz CT molecular complexity index is 546. The van der Waals surface area contributed by atoms with Crippen LogP contribution in [0.2, 0.25) is 0 Å². The van der Waals surface area contributed by atoms with Crippen LogP contribution in [0.4, 0.5) is 0 Å². The van der Waals surface area contributed by atoms with Crippen molar-refractivity contribution in [2.24, 2.45) is 0 Å². The fourth-order valence-corrected chi connectivity index (χ4v) is 2.91. The van der Waals surface area contributed by atoms with Gasteiger partial charge in [0.05, 0.1) is 14.2 Å². The molecule has 0 aliphatic carbocycles. The third-order valence-corrected chi connectivity index (χ3v) is 4.10. The first-order valence-corrected chi connectivity index (χ1v) is 7.92. The molecule has 0 aliphatic heterocycles. The molecule has 0 atom stereocenters. The van der Waals surface area contributed by atoms with Crippen molar-refractivity contribution in [3.8, 4) is 11.5 Å². The number of benzene rings is 2. The van der Waals surface area contributed by atoms with E-state index in [1.165, 1.54) is 4.90 Å². The van der Waals surface area contributed by atoms with Crippen LogP contribution < -0.4 is 14.8 Å². The molecule has 0 aromatic heterocycles. The van der Waals surface area contributed by atoms with E-state index in [9.17, 15) is 0 Å². The minimum Gasteiger partial charge on any atom is -0.493 e. The summed E-state index contributed by atoms with van der Waals surface area (Å²) in [5.74, 6) is 2.62. The molecule has 3 nitrogen and oxygen atoms in total. The van der Waals surface area contributed by atoms with E-state index in [1.54, 1.807) is 14.2 Å². The highest BCUT2D eigenvalue weighted by Gasteiger charge is 2.08. The molecule has 0 fully saturated rings. The summed E-state index contributed by atoms with van der Waals surface area (Å²) in [5, 5.41) is 3.44. The van der Waals surface area contributed by atoms with Crippen LogP contribution in [0.15, 0.2) is 53.4 Å². The fourth-order valence-electron chi connectivity index (χ4n) is 2.07. The van der Waals surface area contributed by atoms with Crippen LogP contribution in [-0.4, -0.2) is 26.5 Å². The van der Waals surface area contributed by atoms with Crippen LogP contribution in [0.1, 0.15) is 5.56 Å². The normalized spacial score (nSPS) is 10.4. The number of hydrogen-bond donors (Lipinski definition) is 1. The van der Waals surface area contributed by atoms with Crippen molar-refractivity contribution in [2.45, 2.75) is 11.4 Å². The van der Waals surface area contributed by atoms with Gasteiger partial charge in [-0.05, 0) is 18.2 Å². The van der Waals surface area contributed by atoms with Crippen LogP contribution in [0.5, 0.6) is 11.5 Å². The van der Waals surface area contributed by atoms with Gasteiger partial charge in [-0.15, -0.1) is 11.8 Å². The highest BCUT2D eigenvalue weighted by atomic mass is 32.2. The molecule has 1 N–H and O–H groups in total. The maximum atomic E-state index is 5.42. The highest BCUT2D eigenvalue weighted by Crippen LogP contribution is 2.30. The van der Waals surface area contributed by atoms with Gasteiger partial charge in [0.15, 0.2) is 11.5 Å². The van der Waals surface area contributed by atoms with E-state index >= 15 is 0 Å². The predicted octanol–water partition coefficient (Wildman–Crippen LogP) is 3.59. The lowest BCUT2D eigenvalue weighted by Crippen LogP contribution is -2.17. The fraction of sp³-hybridized carbons (Fsp3) is 0.294. The van der Waals surface area contributed by atoms with Crippen molar-refractivity contribution in [3.63, 3.8) is 0 Å². The van der Waals surface area contributed by atoms with Gasteiger partial charge in [0.1, 0.15) is 0 Å². The highest BCUT2D eigenvalue weighted by molar-refractivity contribution is 7.99. The van der Waals surface area contributed by atoms with E-state index in [0.29, 0.717) is 0 Å². The van der Waals surface area contributed by atoms with Crippen LogP contribution in [0, 0.1) is 0 Å². The number of hydrogen-bond acceptors (Lipinski definition) is 4. The maximum absolute atomic E-state index is 5.42. The summed E-state index contributed by atoms with van der Waals surface area (Å²) in [6, 6.07) is 16.4. The molecule has 21 heavy (non-hydrogen) atoms. The van der Waals surface area contributed by atoms with Crippen LogP contribution in [0.3, 0.4) is 0 Å². The van der Waals surface area contributed by atoms with Gasteiger partial charge < -0.3 is 14.8 Å². The summed E-state index contributed by atoms with van der Waals surface area (Å²) in [7, 11) is 3.33. The lowest BCUT2D eigenvalue weighted by molar-refractivity contribution is 0.351. The first kappa shape index (κ1) is 15.7. The maximum Gasteiger partial charge on any atom is 0.165 e. The molecule has 2 aromatic carbocycles. The number of nitrogens with one attached hydrogen (secondary N) is 1. The Kier molecular flexibility index (Phi) is 6.44. The van der Waals surface area contributed by atoms with Crippen molar-refractivity contribution >= 4 is 11.8 Å². The molecule has 4 heteroatoms. The molecule has 0 aliphatic rings. The zero-order valence-corrected chi connectivity index (χ0v) is 13.3. The number of methoxy groups -OCH3 is 2. The zero-order valence-electron chi connectivity index (χ0n) is 12.5. The second-order valence-electron chi connectivity index (χ2n) is 4.49. The van der Waals surface area contributed by atoms with E-state index in [4.69, 9.17) is 9.47 Å². The van der Waals surface area contributed by atoms with Crippen molar-refractivity contribution in [1.29, 1.82) is 0 Å². The van der Waals surface area contributed by atoms with Crippen molar-refractivity contribution in [1.82, 2.24) is 5.32 Å². The first-order chi connectivity index (χ1) is 10.3. The third-order valence-electron chi connectivity index (χ3n) is 3.09. The molecule has 0 unspecified atom stereocenters. The molecule has 0 saturated carbocycles. The Hall–Kier alpha value is -1.65. The molecule has 2 aromatic rings. The molecular formula is C17H21NO2S. The van der Waals surface area contributed by atoms with E-state index in [-0.39, 0.29) is 0 Å². The number of ether oxygens (including phenoxy) is 2. The third kappa shape index (κ3) is 4.69. The molecular weight excluding hydrogens is 282 g/mol. The van der Waals surface area contributed by atoms with E-state index in [1.807, 2.05) is 30.0 Å². The van der Waals surface area contributed by atoms with Gasteiger partial charge >= 0.3 is 0 Å². The van der Waals surface area contributed by atoms with Gasteiger partial charge in [0.2, 0.25) is 0 Å². The summed E-state index contributed by atoms with van der Waals surface area (Å²) in [5.41, 5.74) is 1.11. The largest absolute Gasteiger partial charge is 0.493 e. The molecule has 0 bridgehead atoms. The van der Waals surface area contributed by atoms with Crippen molar-refractivity contribution in [3.05, 3.63) is 54.1 Å². The Labute approximate surface area is 130 Å². The molecule has 0 spiro atoms. The van der Waals surface area contributed by atoms with Crippen LogP contribution in [0.25, 0.3) is 0 Å². The topological polar surface area (TPSA) is 30.5 Å². The van der Waals surface area contributed by atoms with Crippen LogP contribution in [-0.2, 0) is 6.54 Å². The molecule has 0 saturated heterocycles. The predicted molar refractivity (Wildman–Crippen MR) is 88.4 cm³/mol. The number of rotatable bonds is 8. The second-order valence-corrected chi connectivity index (χ2v) is 5.66. The smallest absolute Gasteiger partial charge is 0.165 e. The molecule has 0 amide bonds. The van der Waals surface area contributed by atoms with Gasteiger partial charge in [-0.3, -0.25) is 0 Å². The molecule has 2 rings (SSSR count). The Morgan fingerprint density at radius 2 is 1.76 bits per heavy atom. The Morgan fingerprint density at radius 3 is 2.48 bits per heavy atom.